The van der Waals surface area contributed by atoms with Crippen LogP contribution in [0.4, 0.5) is 11.4 Å². The minimum Gasteiger partial charge on any atom is -0.372 e. The normalized spacial score (nSPS) is 13.6. The molecule has 25 heavy (non-hydrogen) atoms. The largest absolute Gasteiger partial charge is 0.372 e. The van der Waals surface area contributed by atoms with Gasteiger partial charge in [0, 0.05) is 29.5 Å². The van der Waals surface area contributed by atoms with E-state index in [9.17, 15) is 4.79 Å². The molecule has 1 amide bonds. The minimum atomic E-state index is -0.159. The molecule has 0 spiro atoms. The summed E-state index contributed by atoms with van der Waals surface area (Å²) in [6.45, 7) is 2.23. The van der Waals surface area contributed by atoms with Gasteiger partial charge in [0.15, 0.2) is 5.11 Å². The topological polar surface area (TPSA) is 44.4 Å². The molecule has 2 aromatic rings. The van der Waals surface area contributed by atoms with Gasteiger partial charge in [-0.2, -0.15) is 0 Å². The van der Waals surface area contributed by atoms with Gasteiger partial charge in [-0.1, -0.05) is 23.7 Å². The Morgan fingerprint density at radius 1 is 1.04 bits per heavy atom. The van der Waals surface area contributed by atoms with Crippen molar-refractivity contribution >= 4 is 46.2 Å². The summed E-state index contributed by atoms with van der Waals surface area (Å²) >= 11 is 11.1. The lowest BCUT2D eigenvalue weighted by atomic mass is 10.1. The van der Waals surface area contributed by atoms with E-state index in [1.54, 1.807) is 12.1 Å². The zero-order valence-corrected chi connectivity index (χ0v) is 15.4. The standard InChI is InChI=1S/C19H20ClN3OS/c20-15-5-3-14(4-6-15)13-18(24)22-19(25)21-16-7-9-17(10-8-16)23-11-1-2-12-23/h3-10H,1-2,11-13H2,(H2,21,22,24,25). The third-order valence-electron chi connectivity index (χ3n) is 4.13. The SMILES string of the molecule is O=C(Cc1ccc(Cl)cc1)NC(=S)Nc1ccc(N2CCCC2)cc1. The molecular weight excluding hydrogens is 354 g/mol. The van der Waals surface area contributed by atoms with Crippen LogP contribution in [0.3, 0.4) is 0 Å². The van der Waals surface area contributed by atoms with Gasteiger partial charge in [0.05, 0.1) is 6.42 Å². The van der Waals surface area contributed by atoms with Crippen molar-refractivity contribution in [3.63, 3.8) is 0 Å². The molecule has 1 saturated heterocycles. The Balaban J connectivity index is 1.49. The van der Waals surface area contributed by atoms with E-state index in [-0.39, 0.29) is 12.3 Å². The Bertz CT molecular complexity index is 740. The highest BCUT2D eigenvalue weighted by atomic mass is 35.5. The first-order valence-corrected chi connectivity index (χ1v) is 9.09. The summed E-state index contributed by atoms with van der Waals surface area (Å²) in [5, 5.41) is 6.70. The van der Waals surface area contributed by atoms with E-state index >= 15 is 0 Å². The monoisotopic (exact) mass is 373 g/mol. The van der Waals surface area contributed by atoms with Gasteiger partial charge < -0.3 is 15.5 Å². The molecule has 4 nitrogen and oxygen atoms in total. The molecule has 0 unspecified atom stereocenters. The van der Waals surface area contributed by atoms with Gasteiger partial charge in [-0.25, -0.2) is 0 Å². The highest BCUT2D eigenvalue weighted by Crippen LogP contribution is 2.22. The van der Waals surface area contributed by atoms with Gasteiger partial charge >= 0.3 is 0 Å². The van der Waals surface area contributed by atoms with E-state index in [1.165, 1.54) is 18.5 Å². The zero-order chi connectivity index (χ0) is 17.6. The first-order valence-electron chi connectivity index (χ1n) is 8.30. The number of hydrogen-bond donors (Lipinski definition) is 2. The molecule has 3 rings (SSSR count). The van der Waals surface area contributed by atoms with E-state index in [0.29, 0.717) is 10.1 Å². The number of benzene rings is 2. The number of amides is 1. The van der Waals surface area contributed by atoms with E-state index in [0.717, 1.165) is 24.3 Å². The number of thiocarbonyl (C=S) groups is 1. The van der Waals surface area contributed by atoms with Crippen LogP contribution in [-0.4, -0.2) is 24.1 Å². The summed E-state index contributed by atoms with van der Waals surface area (Å²) in [5.41, 5.74) is 2.97. The predicted molar refractivity (Wildman–Crippen MR) is 107 cm³/mol. The van der Waals surface area contributed by atoms with Crippen molar-refractivity contribution in [1.29, 1.82) is 0 Å². The number of halogens is 1. The molecule has 0 radical (unpaired) electrons. The number of carbonyl (C=O) groups is 1. The van der Waals surface area contributed by atoms with Crippen LogP contribution in [0.15, 0.2) is 48.5 Å². The summed E-state index contributed by atoms with van der Waals surface area (Å²) in [5.74, 6) is -0.159. The maximum atomic E-state index is 12.0. The zero-order valence-electron chi connectivity index (χ0n) is 13.8. The van der Waals surface area contributed by atoms with Crippen molar-refractivity contribution in [2.45, 2.75) is 19.3 Å². The third kappa shape index (κ3) is 5.18. The summed E-state index contributed by atoms with van der Waals surface area (Å²) < 4.78 is 0. The molecule has 0 bridgehead atoms. The molecule has 6 heteroatoms. The van der Waals surface area contributed by atoms with Crippen LogP contribution in [0.2, 0.25) is 5.02 Å². The second kappa shape index (κ2) is 8.32. The fraction of sp³-hybridized carbons (Fsp3) is 0.263. The van der Waals surface area contributed by atoms with Gasteiger partial charge in [-0.15, -0.1) is 0 Å². The maximum Gasteiger partial charge on any atom is 0.230 e. The van der Waals surface area contributed by atoms with Crippen LogP contribution in [-0.2, 0) is 11.2 Å². The van der Waals surface area contributed by atoms with Crippen LogP contribution in [0, 0.1) is 0 Å². The second-order valence-corrected chi connectivity index (χ2v) is 6.89. The highest BCUT2D eigenvalue weighted by Gasteiger charge is 2.12. The van der Waals surface area contributed by atoms with Crippen molar-refractivity contribution in [3.8, 4) is 0 Å². The van der Waals surface area contributed by atoms with Crippen molar-refractivity contribution in [2.75, 3.05) is 23.3 Å². The van der Waals surface area contributed by atoms with Crippen LogP contribution in [0.25, 0.3) is 0 Å². The summed E-state index contributed by atoms with van der Waals surface area (Å²) in [6.07, 6.45) is 2.76. The Morgan fingerprint density at radius 3 is 2.32 bits per heavy atom. The Kier molecular flexibility index (Phi) is 5.89. The predicted octanol–water partition coefficient (Wildman–Crippen LogP) is 4.00. The molecule has 0 aliphatic carbocycles. The van der Waals surface area contributed by atoms with Crippen molar-refractivity contribution in [2.24, 2.45) is 0 Å². The van der Waals surface area contributed by atoms with E-state index < -0.39 is 0 Å². The molecule has 2 N–H and O–H groups in total. The lowest BCUT2D eigenvalue weighted by Gasteiger charge is -2.18. The van der Waals surface area contributed by atoms with Crippen LogP contribution < -0.4 is 15.5 Å². The number of nitrogens with one attached hydrogen (secondary N) is 2. The molecule has 0 aromatic heterocycles. The van der Waals surface area contributed by atoms with Crippen LogP contribution in [0.1, 0.15) is 18.4 Å². The average Bonchev–Trinajstić information content (AvgIpc) is 3.12. The lowest BCUT2D eigenvalue weighted by molar-refractivity contribution is -0.119. The molecule has 2 aromatic carbocycles. The first-order chi connectivity index (χ1) is 12.1. The molecule has 0 saturated carbocycles. The van der Waals surface area contributed by atoms with Gasteiger partial charge in [-0.05, 0) is 67.0 Å². The molecule has 1 aliphatic heterocycles. The van der Waals surface area contributed by atoms with E-state index in [1.807, 2.05) is 24.3 Å². The van der Waals surface area contributed by atoms with Crippen molar-refractivity contribution in [1.82, 2.24) is 5.32 Å². The van der Waals surface area contributed by atoms with Gasteiger partial charge in [0.1, 0.15) is 0 Å². The number of carbonyl (C=O) groups excluding carboxylic acids is 1. The molecule has 1 fully saturated rings. The third-order valence-corrected chi connectivity index (χ3v) is 4.58. The van der Waals surface area contributed by atoms with Gasteiger partial charge in [0.25, 0.3) is 0 Å². The molecule has 1 heterocycles. The summed E-state index contributed by atoms with van der Waals surface area (Å²) in [4.78, 5) is 14.4. The Morgan fingerprint density at radius 2 is 1.68 bits per heavy atom. The molecule has 130 valence electrons. The van der Waals surface area contributed by atoms with Crippen molar-refractivity contribution in [3.05, 3.63) is 59.1 Å². The van der Waals surface area contributed by atoms with Crippen molar-refractivity contribution < 1.29 is 4.79 Å². The lowest BCUT2D eigenvalue weighted by Crippen LogP contribution is -2.35. The quantitative estimate of drug-likeness (QED) is 0.795. The number of hydrogen-bond acceptors (Lipinski definition) is 3. The fourth-order valence-electron chi connectivity index (χ4n) is 2.85. The number of nitrogens with zero attached hydrogens (tertiary/aromatic N) is 1. The Hall–Kier alpha value is -2.11. The first kappa shape index (κ1) is 17.7. The van der Waals surface area contributed by atoms with E-state index in [4.69, 9.17) is 23.8 Å². The van der Waals surface area contributed by atoms with Gasteiger partial charge in [-0.3, -0.25) is 4.79 Å². The second-order valence-electron chi connectivity index (χ2n) is 6.05. The fourth-order valence-corrected chi connectivity index (χ4v) is 3.21. The molecular formula is C19H20ClN3OS. The van der Waals surface area contributed by atoms with Crippen LogP contribution >= 0.6 is 23.8 Å². The van der Waals surface area contributed by atoms with Gasteiger partial charge in [0.2, 0.25) is 5.91 Å². The number of rotatable bonds is 4. The molecule has 0 atom stereocenters. The average molecular weight is 374 g/mol. The Labute approximate surface area is 158 Å². The molecule has 1 aliphatic rings. The number of anilines is 2. The minimum absolute atomic E-state index is 0.159. The van der Waals surface area contributed by atoms with Crippen LogP contribution in [0.5, 0.6) is 0 Å². The van der Waals surface area contributed by atoms with E-state index in [2.05, 4.69) is 27.7 Å². The summed E-state index contributed by atoms with van der Waals surface area (Å²) in [6, 6.07) is 15.3. The highest BCUT2D eigenvalue weighted by molar-refractivity contribution is 7.80. The summed E-state index contributed by atoms with van der Waals surface area (Å²) in [7, 11) is 0. The maximum absolute atomic E-state index is 12.0. The smallest absolute Gasteiger partial charge is 0.230 e.